The van der Waals surface area contributed by atoms with Gasteiger partial charge in [0.25, 0.3) is 5.91 Å². The monoisotopic (exact) mass is 474 g/mol. The standard InChI is InChI=1S/C29H34N2O4/c1-20(2)6-5-7-21-8-10-22(11-9-21)28-24-17-30(14-3-4-15-31(24)25(28)18-32)29(33)23-12-13-26-27(16-23)35-19-34-26/h8-13,16,20,24-25,28,32H,3-4,6,14-15,17-19H2,1-2H3/t24-,25-,28-/m1/s1. The van der Waals surface area contributed by atoms with Gasteiger partial charge in [0.05, 0.1) is 6.61 Å². The molecule has 5 rings (SSSR count). The average molecular weight is 475 g/mol. The highest BCUT2D eigenvalue weighted by Crippen LogP contribution is 2.42. The lowest BCUT2D eigenvalue weighted by molar-refractivity contribution is -0.0606. The van der Waals surface area contributed by atoms with E-state index in [0.29, 0.717) is 29.5 Å². The van der Waals surface area contributed by atoms with Gasteiger partial charge in [-0.1, -0.05) is 37.8 Å². The molecular formula is C29H34N2O4. The first-order valence-electron chi connectivity index (χ1n) is 12.7. The molecule has 0 aliphatic carbocycles. The molecule has 6 heteroatoms. The summed E-state index contributed by atoms with van der Waals surface area (Å²) in [5.74, 6) is 8.58. The predicted molar refractivity (Wildman–Crippen MR) is 135 cm³/mol. The van der Waals surface area contributed by atoms with Crippen molar-refractivity contribution in [1.82, 2.24) is 9.80 Å². The summed E-state index contributed by atoms with van der Waals surface area (Å²) < 4.78 is 10.9. The summed E-state index contributed by atoms with van der Waals surface area (Å²) in [6.07, 6.45) is 2.85. The van der Waals surface area contributed by atoms with Crippen LogP contribution in [-0.4, -0.2) is 65.9 Å². The van der Waals surface area contributed by atoms with Crippen molar-refractivity contribution in [1.29, 1.82) is 0 Å². The minimum Gasteiger partial charge on any atom is -0.454 e. The number of ether oxygens (including phenoxy) is 2. The number of rotatable bonds is 4. The largest absolute Gasteiger partial charge is 0.454 e. The topological polar surface area (TPSA) is 62.2 Å². The maximum atomic E-state index is 13.5. The van der Waals surface area contributed by atoms with E-state index in [9.17, 15) is 9.90 Å². The SMILES string of the molecule is CC(C)CC#Cc1ccc([C@H]2[C@@H](CO)N3CCCCN(C(=O)c4ccc5c(c4)OCO5)C[C@H]23)cc1. The van der Waals surface area contributed by atoms with E-state index in [1.54, 1.807) is 6.07 Å². The fraction of sp³-hybridized carbons (Fsp3) is 0.483. The van der Waals surface area contributed by atoms with E-state index in [-0.39, 0.29) is 37.3 Å². The third-order valence-electron chi connectivity index (χ3n) is 7.32. The number of benzene rings is 2. The Morgan fingerprint density at radius 2 is 1.86 bits per heavy atom. The molecule has 0 unspecified atom stereocenters. The number of nitrogens with zero attached hydrogens (tertiary/aromatic N) is 2. The molecule has 1 amide bonds. The van der Waals surface area contributed by atoms with Gasteiger partial charge in [0, 0.05) is 48.6 Å². The van der Waals surface area contributed by atoms with Crippen molar-refractivity contribution in [2.24, 2.45) is 5.92 Å². The highest BCUT2D eigenvalue weighted by Gasteiger charge is 2.49. The van der Waals surface area contributed by atoms with Gasteiger partial charge >= 0.3 is 0 Å². The predicted octanol–water partition coefficient (Wildman–Crippen LogP) is 3.88. The Hall–Kier alpha value is -3.01. The van der Waals surface area contributed by atoms with Gasteiger partial charge < -0.3 is 19.5 Å². The van der Waals surface area contributed by atoms with Gasteiger partial charge in [-0.2, -0.15) is 0 Å². The van der Waals surface area contributed by atoms with Gasteiger partial charge in [-0.05, 0) is 61.2 Å². The smallest absolute Gasteiger partial charge is 0.254 e. The van der Waals surface area contributed by atoms with Crippen molar-refractivity contribution < 1.29 is 19.4 Å². The quantitative estimate of drug-likeness (QED) is 0.682. The second-order valence-electron chi connectivity index (χ2n) is 10.1. The van der Waals surface area contributed by atoms with Gasteiger partial charge in [0.2, 0.25) is 6.79 Å². The van der Waals surface area contributed by atoms with Crippen LogP contribution in [0.5, 0.6) is 11.5 Å². The first kappa shape index (κ1) is 23.7. The van der Waals surface area contributed by atoms with Crippen molar-refractivity contribution in [3.63, 3.8) is 0 Å². The Bertz CT molecular complexity index is 1120. The van der Waals surface area contributed by atoms with Crippen LogP contribution >= 0.6 is 0 Å². The van der Waals surface area contributed by atoms with E-state index in [1.807, 2.05) is 17.0 Å². The summed E-state index contributed by atoms with van der Waals surface area (Å²) >= 11 is 0. The first-order chi connectivity index (χ1) is 17.0. The molecule has 0 aromatic heterocycles. The Kier molecular flexibility index (Phi) is 6.99. The summed E-state index contributed by atoms with van der Waals surface area (Å²) in [6.45, 7) is 6.99. The van der Waals surface area contributed by atoms with E-state index < -0.39 is 0 Å². The molecule has 3 aliphatic rings. The molecule has 2 aromatic carbocycles. The molecule has 35 heavy (non-hydrogen) atoms. The number of aliphatic hydroxyl groups is 1. The highest BCUT2D eigenvalue weighted by atomic mass is 16.7. The number of carbonyl (C=O) groups excluding carboxylic acids is 1. The molecule has 0 saturated carbocycles. The number of fused-ring (bicyclic) bond motifs is 2. The van der Waals surface area contributed by atoms with E-state index >= 15 is 0 Å². The van der Waals surface area contributed by atoms with Crippen molar-refractivity contribution in [3.05, 3.63) is 59.2 Å². The van der Waals surface area contributed by atoms with E-state index in [0.717, 1.165) is 37.9 Å². The lowest BCUT2D eigenvalue weighted by atomic mass is 9.74. The van der Waals surface area contributed by atoms with Crippen LogP contribution in [0.2, 0.25) is 0 Å². The van der Waals surface area contributed by atoms with Crippen LogP contribution in [0.4, 0.5) is 0 Å². The highest BCUT2D eigenvalue weighted by molar-refractivity contribution is 5.95. The number of hydrogen-bond acceptors (Lipinski definition) is 5. The normalized spacial score (nSPS) is 23.5. The lowest BCUT2D eigenvalue weighted by Gasteiger charge is -2.57. The first-order valence-corrected chi connectivity index (χ1v) is 12.7. The molecule has 0 radical (unpaired) electrons. The molecule has 3 aliphatic heterocycles. The van der Waals surface area contributed by atoms with Gasteiger partial charge in [-0.15, -0.1) is 0 Å². The maximum Gasteiger partial charge on any atom is 0.254 e. The Balaban J connectivity index is 1.34. The Morgan fingerprint density at radius 3 is 2.63 bits per heavy atom. The van der Waals surface area contributed by atoms with Crippen LogP contribution in [0.25, 0.3) is 0 Å². The van der Waals surface area contributed by atoms with Crippen LogP contribution in [0.15, 0.2) is 42.5 Å². The second-order valence-corrected chi connectivity index (χ2v) is 10.1. The second kappa shape index (κ2) is 10.3. The summed E-state index contributed by atoms with van der Waals surface area (Å²) in [4.78, 5) is 17.8. The summed E-state index contributed by atoms with van der Waals surface area (Å²) in [7, 11) is 0. The minimum atomic E-state index is 0.0205. The van der Waals surface area contributed by atoms with E-state index in [2.05, 4.69) is 54.9 Å². The third-order valence-corrected chi connectivity index (χ3v) is 7.32. The number of carbonyl (C=O) groups is 1. The zero-order valence-electron chi connectivity index (χ0n) is 20.6. The van der Waals surface area contributed by atoms with Gasteiger partial charge in [-0.3, -0.25) is 9.69 Å². The fourth-order valence-corrected chi connectivity index (χ4v) is 5.48. The van der Waals surface area contributed by atoms with Crippen LogP contribution in [0.3, 0.4) is 0 Å². The molecule has 1 N–H and O–H groups in total. The molecule has 2 saturated heterocycles. The molecule has 3 heterocycles. The maximum absolute atomic E-state index is 13.5. The Morgan fingerprint density at radius 1 is 1.09 bits per heavy atom. The zero-order valence-corrected chi connectivity index (χ0v) is 20.6. The molecular weight excluding hydrogens is 440 g/mol. The van der Waals surface area contributed by atoms with Crippen LogP contribution in [0, 0.1) is 17.8 Å². The molecule has 0 bridgehead atoms. The summed E-state index contributed by atoms with van der Waals surface area (Å²) in [5.41, 5.74) is 2.85. The van der Waals surface area contributed by atoms with Gasteiger partial charge in [0.1, 0.15) is 0 Å². The molecule has 2 aromatic rings. The molecule has 0 spiro atoms. The Labute approximate surface area is 207 Å². The number of hydrogen-bond donors (Lipinski definition) is 1. The third kappa shape index (κ3) is 4.89. The average Bonchev–Trinajstić information content (AvgIpc) is 3.31. The molecule has 184 valence electrons. The van der Waals surface area contributed by atoms with Crippen LogP contribution in [-0.2, 0) is 0 Å². The van der Waals surface area contributed by atoms with Crippen LogP contribution < -0.4 is 9.47 Å². The van der Waals surface area contributed by atoms with Crippen molar-refractivity contribution in [2.75, 3.05) is 33.0 Å². The van der Waals surface area contributed by atoms with E-state index in [4.69, 9.17) is 9.47 Å². The van der Waals surface area contributed by atoms with Gasteiger partial charge in [-0.25, -0.2) is 0 Å². The molecule has 6 nitrogen and oxygen atoms in total. The summed E-state index contributed by atoms with van der Waals surface area (Å²) in [5, 5.41) is 10.2. The zero-order chi connectivity index (χ0) is 24.4. The van der Waals surface area contributed by atoms with Crippen molar-refractivity contribution in [3.8, 4) is 23.3 Å². The number of amides is 1. The minimum absolute atomic E-state index is 0.0205. The van der Waals surface area contributed by atoms with Crippen molar-refractivity contribution in [2.45, 2.75) is 51.1 Å². The summed E-state index contributed by atoms with van der Waals surface area (Å²) in [6, 6.07) is 14.1. The number of aliphatic hydroxyl groups excluding tert-OH is 1. The van der Waals surface area contributed by atoms with Crippen molar-refractivity contribution >= 4 is 5.91 Å². The van der Waals surface area contributed by atoms with Gasteiger partial charge in [0.15, 0.2) is 11.5 Å². The molecule has 2 fully saturated rings. The molecule has 3 atom stereocenters. The lowest BCUT2D eigenvalue weighted by Crippen LogP contribution is -2.67. The van der Waals surface area contributed by atoms with Crippen LogP contribution in [0.1, 0.15) is 60.5 Å². The fourth-order valence-electron chi connectivity index (χ4n) is 5.48. The van der Waals surface area contributed by atoms with E-state index in [1.165, 1.54) is 5.56 Å².